The zero-order valence-corrected chi connectivity index (χ0v) is 12.5. The molecule has 5 heteroatoms. The average molecular weight is 311 g/mol. The Balaban J connectivity index is 1.73. The number of hydrogen-bond acceptors (Lipinski definition) is 3. The van der Waals surface area contributed by atoms with E-state index < -0.39 is 0 Å². The fraction of sp³-hybridized carbons (Fsp3) is 0.286. The first-order chi connectivity index (χ1) is 9.22. The number of fused-ring (bicyclic) bond motifs is 1. The Bertz CT molecular complexity index is 599. The summed E-state index contributed by atoms with van der Waals surface area (Å²) in [6.07, 6.45) is 3.17. The second-order valence-corrected chi connectivity index (χ2v) is 6.30. The molecule has 2 nitrogen and oxygen atoms in total. The quantitative estimate of drug-likeness (QED) is 0.613. The Hall–Kier alpha value is -0.770. The molecule has 0 atom stereocenters. The maximum atomic E-state index is 6.20. The van der Waals surface area contributed by atoms with Crippen molar-refractivity contribution in [2.75, 3.05) is 0 Å². The second-order valence-electron chi connectivity index (χ2n) is 4.45. The summed E-state index contributed by atoms with van der Waals surface area (Å²) < 4.78 is 0. The third kappa shape index (κ3) is 3.04. The van der Waals surface area contributed by atoms with Crippen molar-refractivity contribution < 1.29 is 0 Å². The molecule has 0 amide bonds. The summed E-state index contributed by atoms with van der Waals surface area (Å²) in [6, 6.07) is 7.78. The molecule has 98 valence electrons. The fourth-order valence-electron chi connectivity index (χ4n) is 2.18. The number of benzene rings is 1. The van der Waals surface area contributed by atoms with Gasteiger partial charge in [0.2, 0.25) is 0 Å². The van der Waals surface area contributed by atoms with Crippen LogP contribution in [0.15, 0.2) is 29.2 Å². The van der Waals surface area contributed by atoms with Gasteiger partial charge in [-0.25, -0.2) is 9.97 Å². The van der Waals surface area contributed by atoms with Crippen LogP contribution in [0.2, 0.25) is 10.2 Å². The molecular weight excluding hydrogens is 299 g/mol. The van der Waals surface area contributed by atoms with Crippen LogP contribution < -0.4 is 0 Å². The molecule has 2 aromatic rings. The highest BCUT2D eigenvalue weighted by atomic mass is 35.5. The molecule has 1 aliphatic carbocycles. The van der Waals surface area contributed by atoms with Gasteiger partial charge in [-0.3, -0.25) is 0 Å². The number of halogens is 2. The molecule has 1 aromatic carbocycles. The minimum absolute atomic E-state index is 0.634. The molecule has 1 heterocycles. The van der Waals surface area contributed by atoms with Gasteiger partial charge in [0.1, 0.15) is 11.0 Å². The van der Waals surface area contributed by atoms with Gasteiger partial charge < -0.3 is 0 Å². The van der Waals surface area contributed by atoms with Crippen molar-refractivity contribution in [1.82, 2.24) is 9.97 Å². The predicted octanol–water partition coefficient (Wildman–Crippen LogP) is 4.56. The predicted molar refractivity (Wildman–Crippen MR) is 80.1 cm³/mol. The Morgan fingerprint density at radius 3 is 2.63 bits per heavy atom. The van der Waals surface area contributed by atoms with Crippen LogP contribution in [0, 0.1) is 0 Å². The monoisotopic (exact) mass is 310 g/mol. The highest BCUT2D eigenvalue weighted by Crippen LogP contribution is 2.28. The fourth-order valence-corrected chi connectivity index (χ4v) is 3.36. The maximum Gasteiger partial charge on any atom is 0.140 e. The van der Waals surface area contributed by atoms with E-state index in [1.165, 1.54) is 0 Å². The van der Waals surface area contributed by atoms with Gasteiger partial charge in [0.05, 0.1) is 5.75 Å². The van der Waals surface area contributed by atoms with E-state index in [1.54, 1.807) is 11.8 Å². The SMILES string of the molecule is Clc1ccc(SCc2nc(Cl)c3c(n2)CCC3)cc1. The Labute approximate surface area is 126 Å². The van der Waals surface area contributed by atoms with E-state index in [0.29, 0.717) is 5.15 Å². The van der Waals surface area contributed by atoms with Crippen LogP contribution in [0.3, 0.4) is 0 Å². The third-order valence-corrected chi connectivity index (χ3v) is 4.68. The summed E-state index contributed by atoms with van der Waals surface area (Å²) in [6.45, 7) is 0. The van der Waals surface area contributed by atoms with E-state index in [1.807, 2.05) is 24.3 Å². The van der Waals surface area contributed by atoms with Crippen molar-refractivity contribution in [3.63, 3.8) is 0 Å². The Morgan fingerprint density at radius 1 is 1.05 bits per heavy atom. The van der Waals surface area contributed by atoms with Crippen LogP contribution in [0.1, 0.15) is 23.5 Å². The lowest BCUT2D eigenvalue weighted by Gasteiger charge is -2.05. The van der Waals surface area contributed by atoms with E-state index in [9.17, 15) is 0 Å². The highest BCUT2D eigenvalue weighted by molar-refractivity contribution is 7.98. The first kappa shape index (κ1) is 13.2. The summed E-state index contributed by atoms with van der Waals surface area (Å²) >= 11 is 13.8. The molecule has 0 N–H and O–H groups in total. The van der Waals surface area contributed by atoms with E-state index in [2.05, 4.69) is 9.97 Å². The van der Waals surface area contributed by atoms with Crippen molar-refractivity contribution in [3.05, 3.63) is 51.5 Å². The summed E-state index contributed by atoms with van der Waals surface area (Å²) in [7, 11) is 0. The van der Waals surface area contributed by atoms with Gasteiger partial charge in [-0.15, -0.1) is 11.8 Å². The maximum absolute atomic E-state index is 6.20. The van der Waals surface area contributed by atoms with Crippen LogP contribution in [-0.4, -0.2) is 9.97 Å². The van der Waals surface area contributed by atoms with Crippen LogP contribution >= 0.6 is 35.0 Å². The first-order valence-corrected chi connectivity index (χ1v) is 7.89. The molecule has 0 spiro atoms. The lowest BCUT2D eigenvalue weighted by Crippen LogP contribution is -1.99. The second kappa shape index (κ2) is 5.70. The van der Waals surface area contributed by atoms with Crippen LogP contribution in [0.5, 0.6) is 0 Å². The summed E-state index contributed by atoms with van der Waals surface area (Å²) in [5.74, 6) is 1.54. The molecule has 1 aromatic heterocycles. The van der Waals surface area contributed by atoms with Gasteiger partial charge >= 0.3 is 0 Å². The van der Waals surface area contributed by atoms with Gasteiger partial charge in [0, 0.05) is 21.2 Å². The molecule has 0 aliphatic heterocycles. The Morgan fingerprint density at radius 2 is 1.84 bits per heavy atom. The zero-order valence-electron chi connectivity index (χ0n) is 10.2. The zero-order chi connectivity index (χ0) is 13.2. The molecule has 19 heavy (non-hydrogen) atoms. The van der Waals surface area contributed by atoms with Crippen molar-refractivity contribution in [3.8, 4) is 0 Å². The van der Waals surface area contributed by atoms with Gasteiger partial charge in [-0.1, -0.05) is 23.2 Å². The normalized spacial score (nSPS) is 13.6. The lowest BCUT2D eigenvalue weighted by molar-refractivity contribution is 0.893. The lowest BCUT2D eigenvalue weighted by atomic mass is 10.3. The third-order valence-electron chi connectivity index (χ3n) is 3.11. The topological polar surface area (TPSA) is 25.8 Å². The molecule has 0 radical (unpaired) electrons. The van der Waals surface area contributed by atoms with Gasteiger partial charge in [-0.2, -0.15) is 0 Å². The molecule has 0 unspecified atom stereocenters. The van der Waals surface area contributed by atoms with E-state index in [4.69, 9.17) is 23.2 Å². The number of hydrogen-bond donors (Lipinski definition) is 0. The number of aryl methyl sites for hydroxylation is 1. The summed E-state index contributed by atoms with van der Waals surface area (Å²) in [5.41, 5.74) is 2.27. The van der Waals surface area contributed by atoms with E-state index in [0.717, 1.165) is 52.0 Å². The molecule has 0 bridgehead atoms. The number of thioether (sulfide) groups is 1. The van der Waals surface area contributed by atoms with E-state index in [-0.39, 0.29) is 0 Å². The van der Waals surface area contributed by atoms with Crippen molar-refractivity contribution >= 4 is 35.0 Å². The standard InChI is InChI=1S/C14H12Cl2N2S/c15-9-4-6-10(7-5-9)19-8-13-17-12-3-1-2-11(12)14(16)18-13/h4-7H,1-3,8H2. The van der Waals surface area contributed by atoms with Crippen molar-refractivity contribution in [2.24, 2.45) is 0 Å². The number of nitrogens with zero attached hydrogens (tertiary/aromatic N) is 2. The molecular formula is C14H12Cl2N2S. The first-order valence-electron chi connectivity index (χ1n) is 6.15. The summed E-state index contributed by atoms with van der Waals surface area (Å²) in [4.78, 5) is 10.1. The molecule has 0 saturated heterocycles. The van der Waals surface area contributed by atoms with Crippen LogP contribution in [0.4, 0.5) is 0 Å². The smallest absolute Gasteiger partial charge is 0.140 e. The van der Waals surface area contributed by atoms with Crippen molar-refractivity contribution in [2.45, 2.75) is 29.9 Å². The number of aromatic nitrogens is 2. The molecule has 0 saturated carbocycles. The number of rotatable bonds is 3. The largest absolute Gasteiger partial charge is 0.237 e. The highest BCUT2D eigenvalue weighted by Gasteiger charge is 2.18. The van der Waals surface area contributed by atoms with Crippen molar-refractivity contribution in [1.29, 1.82) is 0 Å². The van der Waals surface area contributed by atoms with Gasteiger partial charge in [-0.05, 0) is 43.5 Å². The average Bonchev–Trinajstić information content (AvgIpc) is 2.87. The van der Waals surface area contributed by atoms with Crippen LogP contribution in [0.25, 0.3) is 0 Å². The molecule has 0 fully saturated rings. The minimum atomic E-state index is 0.634. The van der Waals surface area contributed by atoms with Crippen LogP contribution in [-0.2, 0) is 18.6 Å². The summed E-state index contributed by atoms with van der Waals surface area (Å²) in [5, 5.41) is 1.38. The molecule has 1 aliphatic rings. The van der Waals surface area contributed by atoms with Gasteiger partial charge in [0.15, 0.2) is 0 Å². The van der Waals surface area contributed by atoms with Gasteiger partial charge in [0.25, 0.3) is 0 Å². The molecule has 3 rings (SSSR count). The Kier molecular flexibility index (Phi) is 3.96. The van der Waals surface area contributed by atoms with E-state index >= 15 is 0 Å². The minimum Gasteiger partial charge on any atom is -0.237 e.